The molecule has 0 heterocycles. The smallest absolute Gasteiger partial charge is 0.319 e. The van der Waals surface area contributed by atoms with Gasteiger partial charge >= 0.3 is 6.03 Å². The summed E-state index contributed by atoms with van der Waals surface area (Å²) in [5.74, 6) is 0.176. The van der Waals surface area contributed by atoms with E-state index in [0.29, 0.717) is 17.2 Å². The molecule has 0 radical (unpaired) electrons. The van der Waals surface area contributed by atoms with Gasteiger partial charge in [0.25, 0.3) is 0 Å². The summed E-state index contributed by atoms with van der Waals surface area (Å²) < 4.78 is 18.5. The Kier molecular flexibility index (Phi) is 5.66. The minimum Gasteiger partial charge on any atom is -0.380 e. The maximum absolute atomic E-state index is 13.4. The summed E-state index contributed by atoms with van der Waals surface area (Å²) in [6, 6.07) is 14.3. The van der Waals surface area contributed by atoms with E-state index >= 15 is 0 Å². The minimum atomic E-state index is -0.349. The van der Waals surface area contributed by atoms with Crippen LogP contribution >= 0.6 is 0 Å². The number of ether oxygens (including phenoxy) is 1. The van der Waals surface area contributed by atoms with E-state index in [2.05, 4.69) is 22.8 Å². The van der Waals surface area contributed by atoms with Gasteiger partial charge < -0.3 is 15.4 Å². The Morgan fingerprint density at radius 2 is 2.00 bits per heavy atom. The summed E-state index contributed by atoms with van der Waals surface area (Å²) in [6.45, 7) is 0.240. The monoisotopic (exact) mass is 342 g/mol. The fraction of sp³-hybridized carbons (Fsp3) is 0.350. The molecule has 5 heteroatoms. The van der Waals surface area contributed by atoms with Gasteiger partial charge in [-0.1, -0.05) is 30.3 Å². The van der Waals surface area contributed by atoms with Crippen LogP contribution in [0.25, 0.3) is 0 Å². The third-order valence-electron chi connectivity index (χ3n) is 4.42. The Morgan fingerprint density at radius 3 is 2.68 bits per heavy atom. The van der Waals surface area contributed by atoms with Crippen LogP contribution in [0.2, 0.25) is 0 Å². The molecule has 0 aromatic heterocycles. The lowest BCUT2D eigenvalue weighted by atomic mass is 10.0. The van der Waals surface area contributed by atoms with Crippen molar-refractivity contribution in [3.63, 3.8) is 0 Å². The molecule has 2 amide bonds. The Hall–Kier alpha value is -2.40. The van der Waals surface area contributed by atoms with Crippen LogP contribution in [0.4, 0.5) is 14.9 Å². The first-order chi connectivity index (χ1) is 12.2. The second-order valence-electron chi connectivity index (χ2n) is 6.47. The highest BCUT2D eigenvalue weighted by atomic mass is 19.1. The van der Waals surface area contributed by atoms with Crippen LogP contribution in [0, 0.1) is 11.7 Å². The van der Waals surface area contributed by atoms with Crippen LogP contribution in [-0.4, -0.2) is 19.2 Å². The van der Waals surface area contributed by atoms with Crippen molar-refractivity contribution in [1.29, 1.82) is 0 Å². The molecule has 0 saturated heterocycles. The molecule has 1 saturated carbocycles. The number of benzene rings is 2. The second kappa shape index (κ2) is 8.12. The first kappa shape index (κ1) is 17.4. The number of carbonyl (C=O) groups excluding carboxylic acids is 1. The summed E-state index contributed by atoms with van der Waals surface area (Å²) >= 11 is 0. The number of methoxy groups -OCH3 is 1. The van der Waals surface area contributed by atoms with Crippen LogP contribution in [0.5, 0.6) is 0 Å². The Balaban J connectivity index is 1.64. The summed E-state index contributed by atoms with van der Waals surface area (Å²) in [5, 5.41) is 5.90. The SMILES string of the molecule is COCc1cc(F)ccc1NC(=O)NC(Cc1ccccc1)C1CC1. The molecule has 4 nitrogen and oxygen atoms in total. The standard InChI is InChI=1S/C20H23FN2O2/c1-25-13-16-12-17(21)9-10-18(16)22-20(24)23-19(15-7-8-15)11-14-5-3-2-4-6-14/h2-6,9-10,12,15,19H,7-8,11,13H2,1H3,(H2,22,23,24). The fourth-order valence-electron chi connectivity index (χ4n) is 2.99. The molecule has 1 atom stereocenters. The van der Waals surface area contributed by atoms with E-state index in [9.17, 15) is 9.18 Å². The van der Waals surface area contributed by atoms with Crippen molar-refractivity contribution in [2.75, 3.05) is 12.4 Å². The van der Waals surface area contributed by atoms with Gasteiger partial charge in [-0.05, 0) is 48.9 Å². The number of halogens is 1. The summed E-state index contributed by atoms with van der Waals surface area (Å²) in [5.41, 5.74) is 2.39. The van der Waals surface area contributed by atoms with E-state index in [4.69, 9.17) is 4.74 Å². The zero-order chi connectivity index (χ0) is 17.6. The van der Waals surface area contributed by atoms with Gasteiger partial charge in [-0.2, -0.15) is 0 Å². The number of hydrogen-bond donors (Lipinski definition) is 2. The predicted octanol–water partition coefficient (Wildman–Crippen LogP) is 4.11. The van der Waals surface area contributed by atoms with E-state index in [1.807, 2.05) is 18.2 Å². The van der Waals surface area contributed by atoms with Gasteiger partial charge in [0, 0.05) is 24.4 Å². The summed E-state index contributed by atoms with van der Waals surface area (Å²) in [7, 11) is 1.54. The van der Waals surface area contributed by atoms with Gasteiger partial charge in [0.15, 0.2) is 0 Å². The molecule has 2 aromatic carbocycles. The summed E-state index contributed by atoms with van der Waals surface area (Å²) in [6.07, 6.45) is 3.10. The lowest BCUT2D eigenvalue weighted by Crippen LogP contribution is -2.40. The molecule has 25 heavy (non-hydrogen) atoms. The highest BCUT2D eigenvalue weighted by molar-refractivity contribution is 5.90. The normalized spacial score (nSPS) is 14.8. The highest BCUT2D eigenvalue weighted by Crippen LogP contribution is 2.34. The summed E-state index contributed by atoms with van der Waals surface area (Å²) in [4.78, 5) is 12.4. The zero-order valence-corrected chi connectivity index (χ0v) is 14.3. The van der Waals surface area contributed by atoms with Gasteiger partial charge in [-0.25, -0.2) is 9.18 Å². The van der Waals surface area contributed by atoms with Crippen molar-refractivity contribution in [3.8, 4) is 0 Å². The molecule has 1 fully saturated rings. The molecule has 0 aliphatic heterocycles. The number of nitrogens with one attached hydrogen (secondary N) is 2. The van der Waals surface area contributed by atoms with Crippen LogP contribution in [-0.2, 0) is 17.8 Å². The van der Waals surface area contributed by atoms with E-state index in [-0.39, 0.29) is 24.5 Å². The zero-order valence-electron chi connectivity index (χ0n) is 14.3. The van der Waals surface area contributed by atoms with Crippen LogP contribution in [0.1, 0.15) is 24.0 Å². The quantitative estimate of drug-likeness (QED) is 0.795. The second-order valence-corrected chi connectivity index (χ2v) is 6.47. The van der Waals surface area contributed by atoms with E-state index in [1.165, 1.54) is 24.8 Å². The Labute approximate surface area is 147 Å². The van der Waals surface area contributed by atoms with Gasteiger partial charge in [0.05, 0.1) is 6.61 Å². The molecular weight excluding hydrogens is 319 g/mol. The largest absolute Gasteiger partial charge is 0.380 e. The predicted molar refractivity (Wildman–Crippen MR) is 95.9 cm³/mol. The molecule has 132 valence electrons. The Bertz CT molecular complexity index is 717. The van der Waals surface area contributed by atoms with Crippen LogP contribution in [0.3, 0.4) is 0 Å². The van der Waals surface area contributed by atoms with Gasteiger partial charge in [-0.15, -0.1) is 0 Å². The van der Waals surface area contributed by atoms with Crippen molar-refractivity contribution >= 4 is 11.7 Å². The van der Waals surface area contributed by atoms with E-state index < -0.39 is 0 Å². The molecule has 2 aromatic rings. The first-order valence-corrected chi connectivity index (χ1v) is 8.54. The number of amides is 2. The third-order valence-corrected chi connectivity index (χ3v) is 4.42. The van der Waals surface area contributed by atoms with Crippen LogP contribution in [0.15, 0.2) is 48.5 Å². The van der Waals surface area contributed by atoms with Gasteiger partial charge in [0.1, 0.15) is 5.82 Å². The third kappa shape index (κ3) is 5.03. The molecule has 0 bridgehead atoms. The maximum Gasteiger partial charge on any atom is 0.319 e. The molecule has 1 aliphatic carbocycles. The van der Waals surface area contributed by atoms with Gasteiger partial charge in [-0.3, -0.25) is 0 Å². The first-order valence-electron chi connectivity index (χ1n) is 8.54. The van der Waals surface area contributed by atoms with Crippen molar-refractivity contribution < 1.29 is 13.9 Å². The van der Waals surface area contributed by atoms with Crippen molar-refractivity contribution in [1.82, 2.24) is 5.32 Å². The number of hydrogen-bond acceptors (Lipinski definition) is 2. The molecular formula is C20H23FN2O2. The average Bonchev–Trinajstić information content (AvgIpc) is 3.43. The highest BCUT2D eigenvalue weighted by Gasteiger charge is 2.32. The maximum atomic E-state index is 13.4. The molecule has 1 aliphatic rings. The van der Waals surface area contributed by atoms with Crippen molar-refractivity contribution in [2.45, 2.75) is 31.9 Å². The lowest BCUT2D eigenvalue weighted by Gasteiger charge is -2.20. The van der Waals surface area contributed by atoms with E-state index in [0.717, 1.165) is 19.3 Å². The van der Waals surface area contributed by atoms with Crippen molar-refractivity contribution in [3.05, 3.63) is 65.5 Å². The number of carbonyl (C=O) groups is 1. The molecule has 2 N–H and O–H groups in total. The minimum absolute atomic E-state index is 0.105. The number of urea groups is 1. The number of anilines is 1. The Morgan fingerprint density at radius 1 is 1.24 bits per heavy atom. The van der Waals surface area contributed by atoms with Gasteiger partial charge in [0.2, 0.25) is 0 Å². The van der Waals surface area contributed by atoms with E-state index in [1.54, 1.807) is 6.07 Å². The number of rotatable bonds is 7. The molecule has 1 unspecified atom stereocenters. The van der Waals surface area contributed by atoms with Crippen LogP contribution < -0.4 is 10.6 Å². The fourth-order valence-corrected chi connectivity index (χ4v) is 2.99. The average molecular weight is 342 g/mol. The molecule has 0 spiro atoms. The lowest BCUT2D eigenvalue weighted by molar-refractivity contribution is 0.185. The topological polar surface area (TPSA) is 50.4 Å². The molecule has 3 rings (SSSR count). The van der Waals surface area contributed by atoms with Crippen molar-refractivity contribution in [2.24, 2.45) is 5.92 Å².